The average Bonchev–Trinajstić information content (AvgIpc) is 3.02. The number of nitrogens with zero attached hydrogens (tertiary/aromatic N) is 3. The molecule has 0 aliphatic rings. The van der Waals surface area contributed by atoms with Crippen molar-refractivity contribution in [2.45, 2.75) is 45.9 Å². The van der Waals surface area contributed by atoms with E-state index in [9.17, 15) is 0 Å². The van der Waals surface area contributed by atoms with E-state index in [1.807, 2.05) is 24.3 Å². The Balaban J connectivity index is 0.000000327. The third kappa shape index (κ3) is 5.28. The summed E-state index contributed by atoms with van der Waals surface area (Å²) in [4.78, 5) is 9.04. The zero-order valence-electron chi connectivity index (χ0n) is 16.8. The largest absolute Gasteiger partial charge is 0.393 e. The first-order valence-corrected chi connectivity index (χ1v) is 9.58. The summed E-state index contributed by atoms with van der Waals surface area (Å²) < 4.78 is 2.28. The summed E-state index contributed by atoms with van der Waals surface area (Å²) in [5.41, 5.74) is 5.24. The molecule has 0 aliphatic carbocycles. The summed E-state index contributed by atoms with van der Waals surface area (Å²) in [6.07, 6.45) is 1.37. The van der Waals surface area contributed by atoms with Gasteiger partial charge in [0.15, 0.2) is 0 Å². The summed E-state index contributed by atoms with van der Waals surface area (Å²) in [5, 5.41) is 18.3. The van der Waals surface area contributed by atoms with E-state index >= 15 is 0 Å². The summed E-state index contributed by atoms with van der Waals surface area (Å²) in [5.74, 6) is 0. The minimum atomic E-state index is -0.375. The van der Waals surface area contributed by atoms with Crippen molar-refractivity contribution in [1.82, 2.24) is 14.5 Å². The predicted octanol–water partition coefficient (Wildman–Crippen LogP) is 4.21. The van der Waals surface area contributed by atoms with Gasteiger partial charge in [0.2, 0.25) is 0 Å². The molecule has 2 heterocycles. The fourth-order valence-corrected chi connectivity index (χ4v) is 3.42. The van der Waals surface area contributed by atoms with Gasteiger partial charge in [0.05, 0.1) is 28.8 Å². The van der Waals surface area contributed by atoms with Gasteiger partial charge in [-0.05, 0) is 33.3 Å². The van der Waals surface area contributed by atoms with E-state index in [1.165, 1.54) is 10.9 Å². The Morgan fingerprint density at radius 2 is 1.69 bits per heavy atom. The Labute approximate surface area is 184 Å². The monoisotopic (exact) mass is 569 g/mol. The van der Waals surface area contributed by atoms with E-state index in [2.05, 4.69) is 51.8 Å². The SMILES string of the molecule is CC(O)CC(C)O.CCn1c2ccccc2c2ncnc(-c3[c-]cccc3)c21.[Ir]. The molecule has 0 aliphatic heterocycles. The number of aromatic nitrogens is 3. The molecule has 0 saturated carbocycles. The molecule has 0 saturated heterocycles. The second kappa shape index (κ2) is 10.6. The molecule has 2 unspecified atom stereocenters. The Morgan fingerprint density at radius 1 is 1.00 bits per heavy atom. The van der Waals surface area contributed by atoms with Crippen molar-refractivity contribution in [2.24, 2.45) is 0 Å². The number of fused-ring (bicyclic) bond motifs is 3. The normalized spacial score (nSPS) is 12.7. The molecular formula is C23H26IrN3O2-. The van der Waals surface area contributed by atoms with Crippen molar-refractivity contribution >= 4 is 21.9 Å². The third-order valence-electron chi connectivity index (χ3n) is 4.50. The molecule has 155 valence electrons. The number of aliphatic hydroxyl groups is 2. The second-order valence-electron chi connectivity index (χ2n) is 6.89. The van der Waals surface area contributed by atoms with Crippen LogP contribution in [0.4, 0.5) is 0 Å². The Kier molecular flexibility index (Phi) is 8.47. The molecule has 4 rings (SSSR count). The zero-order valence-corrected chi connectivity index (χ0v) is 19.2. The van der Waals surface area contributed by atoms with Gasteiger partial charge in [-0.3, -0.25) is 4.98 Å². The minimum absolute atomic E-state index is 0. The van der Waals surface area contributed by atoms with Crippen molar-refractivity contribution in [2.75, 3.05) is 0 Å². The minimum Gasteiger partial charge on any atom is -0.393 e. The van der Waals surface area contributed by atoms with Crippen LogP contribution in [-0.4, -0.2) is 37.0 Å². The van der Waals surface area contributed by atoms with Crippen LogP contribution in [0.15, 0.2) is 54.9 Å². The maximum Gasteiger partial charge on any atom is 0.106 e. The second-order valence-corrected chi connectivity index (χ2v) is 6.89. The molecule has 29 heavy (non-hydrogen) atoms. The molecule has 1 radical (unpaired) electrons. The van der Waals surface area contributed by atoms with E-state index in [0.29, 0.717) is 6.42 Å². The summed E-state index contributed by atoms with van der Waals surface area (Å²) in [6.45, 7) is 6.36. The Bertz CT molecular complexity index is 1040. The van der Waals surface area contributed by atoms with Gasteiger partial charge in [-0.1, -0.05) is 18.2 Å². The van der Waals surface area contributed by atoms with Crippen molar-refractivity contribution in [3.63, 3.8) is 0 Å². The van der Waals surface area contributed by atoms with Gasteiger partial charge >= 0.3 is 0 Å². The van der Waals surface area contributed by atoms with Crippen LogP contribution in [0.5, 0.6) is 0 Å². The maximum atomic E-state index is 8.56. The number of benzene rings is 2. The van der Waals surface area contributed by atoms with E-state index in [1.54, 1.807) is 20.2 Å². The van der Waals surface area contributed by atoms with Gasteiger partial charge in [-0.2, -0.15) is 0 Å². The van der Waals surface area contributed by atoms with Gasteiger partial charge in [0.1, 0.15) is 6.33 Å². The number of hydrogen-bond donors (Lipinski definition) is 2. The Hall–Kier alpha value is -2.11. The van der Waals surface area contributed by atoms with Crippen LogP contribution in [0, 0.1) is 6.07 Å². The molecule has 5 nitrogen and oxygen atoms in total. The van der Waals surface area contributed by atoms with E-state index in [0.717, 1.165) is 28.8 Å². The number of aryl methyl sites for hydroxylation is 1. The van der Waals surface area contributed by atoms with Crippen LogP contribution in [0.25, 0.3) is 33.2 Å². The van der Waals surface area contributed by atoms with E-state index in [-0.39, 0.29) is 32.3 Å². The predicted molar refractivity (Wildman–Crippen MR) is 113 cm³/mol. The first-order valence-electron chi connectivity index (χ1n) is 9.58. The summed E-state index contributed by atoms with van der Waals surface area (Å²) in [7, 11) is 0. The van der Waals surface area contributed by atoms with Crippen LogP contribution < -0.4 is 0 Å². The molecule has 0 amide bonds. The van der Waals surface area contributed by atoms with Crippen LogP contribution in [0.1, 0.15) is 27.2 Å². The first kappa shape index (κ1) is 23.2. The van der Waals surface area contributed by atoms with Gasteiger partial charge < -0.3 is 14.8 Å². The molecule has 2 atom stereocenters. The zero-order chi connectivity index (χ0) is 20.1. The molecule has 6 heteroatoms. The van der Waals surface area contributed by atoms with Gasteiger partial charge in [-0.15, -0.1) is 35.9 Å². The molecule has 2 aromatic heterocycles. The molecule has 0 bridgehead atoms. The first-order chi connectivity index (χ1) is 13.5. The quantitative estimate of drug-likeness (QED) is 0.362. The number of para-hydroxylation sites is 1. The maximum absolute atomic E-state index is 8.56. The fraction of sp³-hybridized carbons (Fsp3) is 0.304. The van der Waals surface area contributed by atoms with E-state index in [4.69, 9.17) is 10.2 Å². The summed E-state index contributed by atoms with van der Waals surface area (Å²) in [6, 6.07) is 19.6. The van der Waals surface area contributed by atoms with Gasteiger partial charge in [0, 0.05) is 37.7 Å². The number of hydrogen-bond acceptors (Lipinski definition) is 4. The molecule has 4 aromatic rings. The fourth-order valence-electron chi connectivity index (χ4n) is 3.42. The molecule has 2 aromatic carbocycles. The molecule has 0 fully saturated rings. The van der Waals surface area contributed by atoms with Crippen LogP contribution in [0.3, 0.4) is 0 Å². The number of aliphatic hydroxyl groups excluding tert-OH is 2. The Morgan fingerprint density at radius 3 is 2.28 bits per heavy atom. The van der Waals surface area contributed by atoms with Crippen LogP contribution in [0.2, 0.25) is 0 Å². The average molecular weight is 569 g/mol. The smallest absolute Gasteiger partial charge is 0.106 e. The molecular weight excluding hydrogens is 542 g/mol. The third-order valence-corrected chi connectivity index (χ3v) is 4.50. The van der Waals surface area contributed by atoms with Crippen molar-refractivity contribution in [3.8, 4) is 11.3 Å². The molecule has 2 N–H and O–H groups in total. The van der Waals surface area contributed by atoms with Gasteiger partial charge in [0.25, 0.3) is 0 Å². The van der Waals surface area contributed by atoms with Crippen LogP contribution >= 0.6 is 0 Å². The van der Waals surface area contributed by atoms with Crippen molar-refractivity contribution in [3.05, 3.63) is 60.9 Å². The van der Waals surface area contributed by atoms with Crippen LogP contribution in [-0.2, 0) is 26.7 Å². The summed E-state index contributed by atoms with van der Waals surface area (Å²) >= 11 is 0. The standard InChI is InChI=1S/C18H14N3.C5H12O2.Ir/c1-2-21-15-11-7-6-10-14(15)17-18(21)16(19-12-20-17)13-8-4-3-5-9-13;1-4(6)3-5(2)7;/h3-8,10-12H,2H2,1H3;4-7H,3H2,1-2H3;/q-1;;. The van der Waals surface area contributed by atoms with Crippen molar-refractivity contribution < 1.29 is 30.3 Å². The molecule has 0 spiro atoms. The topological polar surface area (TPSA) is 71.2 Å². The van der Waals surface area contributed by atoms with Crippen molar-refractivity contribution in [1.29, 1.82) is 0 Å². The van der Waals surface area contributed by atoms with E-state index < -0.39 is 0 Å². The van der Waals surface area contributed by atoms with Gasteiger partial charge in [-0.25, -0.2) is 4.98 Å². The number of rotatable bonds is 4.